The first kappa shape index (κ1) is 12.0. The summed E-state index contributed by atoms with van der Waals surface area (Å²) in [5.41, 5.74) is 2.88. The molecule has 1 aromatic carbocycles. The van der Waals surface area contributed by atoms with Gasteiger partial charge in [0.2, 0.25) is 0 Å². The number of carbonyl (C=O) groups is 1. The average molecular weight is 259 g/mol. The Bertz CT molecular complexity index is 600. The molecule has 1 aromatic heterocycles. The highest BCUT2D eigenvalue weighted by Crippen LogP contribution is 2.27. The highest BCUT2D eigenvalue weighted by molar-refractivity contribution is 6.02. The van der Waals surface area contributed by atoms with Crippen molar-refractivity contribution in [1.29, 1.82) is 0 Å². The Balaban J connectivity index is 1.84. The molecule has 0 bridgehead atoms. The van der Waals surface area contributed by atoms with E-state index >= 15 is 0 Å². The van der Waals surface area contributed by atoms with Crippen LogP contribution in [0.3, 0.4) is 0 Å². The molecule has 0 unspecified atom stereocenters. The molecular formula is C14H17N3O2. The van der Waals surface area contributed by atoms with Gasteiger partial charge in [-0.1, -0.05) is 18.2 Å². The predicted octanol–water partition coefficient (Wildman–Crippen LogP) is 2.34. The van der Waals surface area contributed by atoms with E-state index in [1.54, 1.807) is 4.90 Å². The molecule has 3 rings (SSSR count). The van der Waals surface area contributed by atoms with Crippen LogP contribution in [0.4, 0.5) is 10.5 Å². The lowest BCUT2D eigenvalue weighted by Crippen LogP contribution is -2.43. The van der Waals surface area contributed by atoms with Crippen molar-refractivity contribution in [3.05, 3.63) is 30.0 Å². The molecule has 2 amide bonds. The van der Waals surface area contributed by atoms with E-state index in [9.17, 15) is 4.79 Å². The van der Waals surface area contributed by atoms with Gasteiger partial charge < -0.3 is 19.9 Å². The van der Waals surface area contributed by atoms with Gasteiger partial charge in [-0.3, -0.25) is 0 Å². The molecule has 0 spiro atoms. The SMILES string of the molecule is Cc1[nH]c2ccccc2c1NC(=O)N1CCOCC1. The maximum atomic E-state index is 12.2. The second-order valence-corrected chi connectivity index (χ2v) is 4.70. The number of para-hydroxylation sites is 1. The molecule has 1 aliphatic heterocycles. The first-order valence-corrected chi connectivity index (χ1v) is 6.46. The molecular weight excluding hydrogens is 242 g/mol. The van der Waals surface area contributed by atoms with E-state index in [-0.39, 0.29) is 6.03 Å². The summed E-state index contributed by atoms with van der Waals surface area (Å²) in [7, 11) is 0. The maximum Gasteiger partial charge on any atom is 0.322 e. The second-order valence-electron chi connectivity index (χ2n) is 4.70. The molecule has 1 aliphatic rings. The maximum absolute atomic E-state index is 12.2. The van der Waals surface area contributed by atoms with E-state index in [0.29, 0.717) is 26.3 Å². The number of amides is 2. The second kappa shape index (κ2) is 4.93. The lowest BCUT2D eigenvalue weighted by atomic mass is 10.2. The first-order valence-electron chi connectivity index (χ1n) is 6.46. The van der Waals surface area contributed by atoms with Crippen molar-refractivity contribution in [3.63, 3.8) is 0 Å². The number of anilines is 1. The number of morpholine rings is 1. The number of ether oxygens (including phenoxy) is 1. The highest BCUT2D eigenvalue weighted by atomic mass is 16.5. The summed E-state index contributed by atoms with van der Waals surface area (Å²) in [6.07, 6.45) is 0. The Morgan fingerprint density at radius 2 is 2.05 bits per heavy atom. The Morgan fingerprint density at radius 1 is 1.32 bits per heavy atom. The number of hydrogen-bond acceptors (Lipinski definition) is 2. The van der Waals surface area contributed by atoms with Crippen molar-refractivity contribution in [3.8, 4) is 0 Å². The van der Waals surface area contributed by atoms with Gasteiger partial charge in [-0.25, -0.2) is 4.79 Å². The molecule has 0 radical (unpaired) electrons. The van der Waals surface area contributed by atoms with Crippen molar-refractivity contribution in [2.75, 3.05) is 31.6 Å². The zero-order valence-electron chi connectivity index (χ0n) is 10.9. The number of aryl methyl sites for hydroxylation is 1. The van der Waals surface area contributed by atoms with Crippen LogP contribution in [-0.4, -0.2) is 42.2 Å². The number of urea groups is 1. The van der Waals surface area contributed by atoms with Gasteiger partial charge in [0, 0.05) is 29.7 Å². The summed E-state index contributed by atoms with van der Waals surface area (Å²) in [5, 5.41) is 4.05. The number of aromatic nitrogens is 1. The van der Waals surface area contributed by atoms with E-state index in [2.05, 4.69) is 10.3 Å². The first-order chi connectivity index (χ1) is 9.25. The van der Waals surface area contributed by atoms with Gasteiger partial charge in [0.15, 0.2) is 0 Å². The lowest BCUT2D eigenvalue weighted by molar-refractivity contribution is 0.0564. The van der Waals surface area contributed by atoms with E-state index in [4.69, 9.17) is 4.74 Å². The van der Waals surface area contributed by atoms with Crippen LogP contribution in [0.15, 0.2) is 24.3 Å². The number of aromatic amines is 1. The zero-order chi connectivity index (χ0) is 13.2. The molecule has 19 heavy (non-hydrogen) atoms. The van der Waals surface area contributed by atoms with Gasteiger partial charge in [-0.05, 0) is 13.0 Å². The topological polar surface area (TPSA) is 57.4 Å². The summed E-state index contributed by atoms with van der Waals surface area (Å²) in [5.74, 6) is 0. The van der Waals surface area contributed by atoms with Crippen LogP contribution in [0.25, 0.3) is 10.9 Å². The van der Waals surface area contributed by atoms with Crippen LogP contribution in [0.5, 0.6) is 0 Å². The van der Waals surface area contributed by atoms with Crippen LogP contribution in [0.2, 0.25) is 0 Å². The molecule has 1 saturated heterocycles. The molecule has 5 heteroatoms. The summed E-state index contributed by atoms with van der Waals surface area (Å²) in [4.78, 5) is 17.3. The minimum Gasteiger partial charge on any atom is -0.378 e. The summed E-state index contributed by atoms with van der Waals surface area (Å²) >= 11 is 0. The van der Waals surface area contributed by atoms with Gasteiger partial charge in [-0.15, -0.1) is 0 Å². The van der Waals surface area contributed by atoms with E-state index in [0.717, 1.165) is 22.3 Å². The number of H-pyrrole nitrogens is 1. The van der Waals surface area contributed by atoms with Crippen LogP contribution in [-0.2, 0) is 4.74 Å². The molecule has 2 aromatic rings. The third kappa shape index (κ3) is 2.29. The Hall–Kier alpha value is -2.01. The van der Waals surface area contributed by atoms with Crippen molar-refractivity contribution < 1.29 is 9.53 Å². The normalized spacial score (nSPS) is 15.7. The van der Waals surface area contributed by atoms with Crippen molar-refractivity contribution in [1.82, 2.24) is 9.88 Å². The van der Waals surface area contributed by atoms with Gasteiger partial charge in [0.25, 0.3) is 0 Å². The minimum atomic E-state index is -0.0591. The molecule has 0 saturated carbocycles. The van der Waals surface area contributed by atoms with Crippen molar-refractivity contribution >= 4 is 22.6 Å². The molecule has 0 aliphatic carbocycles. The summed E-state index contributed by atoms with van der Waals surface area (Å²) in [6, 6.07) is 7.91. The van der Waals surface area contributed by atoms with Gasteiger partial charge in [-0.2, -0.15) is 0 Å². The molecule has 2 N–H and O–H groups in total. The predicted molar refractivity (Wildman–Crippen MR) is 74.4 cm³/mol. The Kier molecular flexibility index (Phi) is 3.13. The van der Waals surface area contributed by atoms with Gasteiger partial charge in [0.05, 0.1) is 18.9 Å². The average Bonchev–Trinajstić information content (AvgIpc) is 2.76. The van der Waals surface area contributed by atoms with Crippen molar-refractivity contribution in [2.24, 2.45) is 0 Å². The van der Waals surface area contributed by atoms with Crippen LogP contribution in [0, 0.1) is 6.92 Å². The van der Waals surface area contributed by atoms with Gasteiger partial charge >= 0.3 is 6.03 Å². The molecule has 1 fully saturated rings. The quantitative estimate of drug-likeness (QED) is 0.826. The van der Waals surface area contributed by atoms with E-state index < -0.39 is 0 Å². The lowest BCUT2D eigenvalue weighted by Gasteiger charge is -2.27. The van der Waals surface area contributed by atoms with Crippen LogP contribution >= 0.6 is 0 Å². The Morgan fingerprint density at radius 3 is 2.84 bits per heavy atom. The number of nitrogens with zero attached hydrogens (tertiary/aromatic N) is 1. The monoisotopic (exact) mass is 259 g/mol. The number of nitrogens with one attached hydrogen (secondary N) is 2. The number of rotatable bonds is 1. The summed E-state index contributed by atoms with van der Waals surface area (Å²) in [6.45, 7) is 4.48. The summed E-state index contributed by atoms with van der Waals surface area (Å²) < 4.78 is 5.25. The fourth-order valence-electron chi connectivity index (χ4n) is 2.39. The fourth-order valence-corrected chi connectivity index (χ4v) is 2.39. The smallest absolute Gasteiger partial charge is 0.322 e. The number of hydrogen-bond donors (Lipinski definition) is 2. The standard InChI is InChI=1S/C14H17N3O2/c1-10-13(11-4-2-3-5-12(11)15-10)16-14(18)17-6-8-19-9-7-17/h2-5,15H,6-9H2,1H3,(H,16,18). The van der Waals surface area contributed by atoms with Crippen LogP contribution in [0.1, 0.15) is 5.69 Å². The fraction of sp³-hybridized carbons (Fsp3) is 0.357. The van der Waals surface area contributed by atoms with Crippen molar-refractivity contribution in [2.45, 2.75) is 6.92 Å². The molecule has 100 valence electrons. The number of fused-ring (bicyclic) bond motifs is 1. The van der Waals surface area contributed by atoms with E-state index in [1.165, 1.54) is 0 Å². The number of carbonyl (C=O) groups excluding carboxylic acids is 1. The molecule has 2 heterocycles. The minimum absolute atomic E-state index is 0.0591. The van der Waals surface area contributed by atoms with E-state index in [1.807, 2.05) is 31.2 Å². The van der Waals surface area contributed by atoms with Gasteiger partial charge in [0.1, 0.15) is 0 Å². The van der Waals surface area contributed by atoms with Crippen LogP contribution < -0.4 is 5.32 Å². The number of benzene rings is 1. The third-order valence-electron chi connectivity index (χ3n) is 3.42. The third-order valence-corrected chi connectivity index (χ3v) is 3.42. The molecule has 0 atom stereocenters. The highest BCUT2D eigenvalue weighted by Gasteiger charge is 2.18. The zero-order valence-corrected chi connectivity index (χ0v) is 10.9. The Labute approximate surface area is 111 Å². The molecule has 5 nitrogen and oxygen atoms in total. The largest absolute Gasteiger partial charge is 0.378 e.